The number of amides is 2. The van der Waals surface area contributed by atoms with Gasteiger partial charge < -0.3 is 14.9 Å². The van der Waals surface area contributed by atoms with Crippen LogP contribution in [0.2, 0.25) is 0 Å². The van der Waals surface area contributed by atoms with Crippen LogP contribution in [0.4, 0.5) is 4.79 Å². The van der Waals surface area contributed by atoms with Gasteiger partial charge in [-0.1, -0.05) is 20.8 Å². The van der Waals surface area contributed by atoms with Crippen LogP contribution in [0.5, 0.6) is 0 Å². The minimum atomic E-state index is -0.866. The first-order valence-corrected chi connectivity index (χ1v) is 8.20. The number of nitrogens with zero attached hydrogens (tertiary/aromatic N) is 2. The van der Waals surface area contributed by atoms with E-state index < -0.39 is 12.0 Å². The highest BCUT2D eigenvalue weighted by molar-refractivity contribution is 5.83. The molecule has 21 heavy (non-hydrogen) atoms. The fraction of sp³-hybridized carbons (Fsp3) is 0.875. The van der Waals surface area contributed by atoms with Gasteiger partial charge in [0.2, 0.25) is 0 Å². The number of carbonyl (C=O) groups is 2. The first-order chi connectivity index (χ1) is 9.90. The predicted octanol–water partition coefficient (Wildman–Crippen LogP) is 2.80. The van der Waals surface area contributed by atoms with Crippen molar-refractivity contribution in [2.75, 3.05) is 13.1 Å². The Morgan fingerprint density at radius 1 is 1.29 bits per heavy atom. The Hall–Kier alpha value is -1.26. The normalized spacial score (nSPS) is 26.0. The van der Waals surface area contributed by atoms with Gasteiger partial charge in [-0.3, -0.25) is 0 Å². The third-order valence-electron chi connectivity index (χ3n) is 4.58. The fourth-order valence-electron chi connectivity index (χ4n) is 2.99. The van der Waals surface area contributed by atoms with E-state index in [1.165, 1.54) is 0 Å². The third kappa shape index (κ3) is 4.11. The Bertz CT molecular complexity index is 393. The number of rotatable bonds is 5. The molecule has 120 valence electrons. The van der Waals surface area contributed by atoms with E-state index in [2.05, 4.69) is 20.8 Å². The van der Waals surface area contributed by atoms with Crippen LogP contribution >= 0.6 is 0 Å². The molecule has 0 radical (unpaired) electrons. The molecule has 0 aromatic rings. The fourth-order valence-corrected chi connectivity index (χ4v) is 2.99. The maximum Gasteiger partial charge on any atom is 0.326 e. The SMILES string of the molecule is CC(C)CCN(C(=O)N1CCC(C)CC1C(=O)O)C1CC1. The second-order valence-electron chi connectivity index (χ2n) is 7.07. The molecule has 1 aliphatic carbocycles. The van der Waals surface area contributed by atoms with Crippen LogP contribution in [-0.4, -0.2) is 52.1 Å². The number of carboxylic acids is 1. The lowest BCUT2D eigenvalue weighted by molar-refractivity contribution is -0.144. The van der Waals surface area contributed by atoms with Crippen molar-refractivity contribution < 1.29 is 14.7 Å². The summed E-state index contributed by atoms with van der Waals surface area (Å²) in [6.07, 6.45) is 4.57. The van der Waals surface area contributed by atoms with Crippen molar-refractivity contribution in [1.82, 2.24) is 9.80 Å². The summed E-state index contributed by atoms with van der Waals surface area (Å²) >= 11 is 0. The van der Waals surface area contributed by atoms with E-state index in [-0.39, 0.29) is 6.03 Å². The number of aliphatic carboxylic acids is 1. The highest BCUT2D eigenvalue weighted by Gasteiger charge is 2.40. The highest BCUT2D eigenvalue weighted by atomic mass is 16.4. The van der Waals surface area contributed by atoms with Crippen molar-refractivity contribution in [3.05, 3.63) is 0 Å². The molecule has 2 amide bonds. The number of likely N-dealkylation sites (tertiary alicyclic amines) is 1. The van der Waals surface area contributed by atoms with Crippen molar-refractivity contribution in [2.45, 2.75) is 65.0 Å². The van der Waals surface area contributed by atoms with Gasteiger partial charge in [-0.2, -0.15) is 0 Å². The Morgan fingerprint density at radius 2 is 1.95 bits per heavy atom. The van der Waals surface area contributed by atoms with Gasteiger partial charge in [-0.25, -0.2) is 9.59 Å². The van der Waals surface area contributed by atoms with Gasteiger partial charge in [-0.15, -0.1) is 0 Å². The third-order valence-corrected chi connectivity index (χ3v) is 4.58. The van der Waals surface area contributed by atoms with Gasteiger partial charge in [-0.05, 0) is 43.9 Å². The summed E-state index contributed by atoms with van der Waals surface area (Å²) in [5, 5.41) is 9.42. The van der Waals surface area contributed by atoms with E-state index in [1.807, 2.05) is 4.90 Å². The van der Waals surface area contributed by atoms with Gasteiger partial charge in [0.15, 0.2) is 0 Å². The average molecular weight is 296 g/mol. The molecule has 1 saturated carbocycles. The molecular weight excluding hydrogens is 268 g/mol. The van der Waals surface area contributed by atoms with E-state index in [0.717, 1.165) is 32.2 Å². The van der Waals surface area contributed by atoms with Gasteiger partial charge in [0.1, 0.15) is 6.04 Å². The monoisotopic (exact) mass is 296 g/mol. The van der Waals surface area contributed by atoms with E-state index in [9.17, 15) is 14.7 Å². The Morgan fingerprint density at radius 3 is 2.48 bits per heavy atom. The van der Waals surface area contributed by atoms with Crippen LogP contribution in [0.15, 0.2) is 0 Å². The molecule has 0 aromatic carbocycles. The number of hydrogen-bond acceptors (Lipinski definition) is 2. The zero-order valence-electron chi connectivity index (χ0n) is 13.4. The Labute approximate surface area is 127 Å². The van der Waals surface area contributed by atoms with Crippen LogP contribution in [0, 0.1) is 11.8 Å². The lowest BCUT2D eigenvalue weighted by Gasteiger charge is -2.39. The van der Waals surface area contributed by atoms with Gasteiger partial charge in [0.25, 0.3) is 0 Å². The molecule has 2 aliphatic rings. The second-order valence-corrected chi connectivity index (χ2v) is 7.07. The molecule has 2 rings (SSSR count). The minimum absolute atomic E-state index is 0.0579. The lowest BCUT2D eigenvalue weighted by Crippen LogP contribution is -2.55. The zero-order chi connectivity index (χ0) is 15.6. The summed E-state index contributed by atoms with van der Waals surface area (Å²) in [5.74, 6) is 0.0606. The number of piperidine rings is 1. The molecule has 0 spiro atoms. The summed E-state index contributed by atoms with van der Waals surface area (Å²) in [5.41, 5.74) is 0. The second kappa shape index (κ2) is 6.67. The molecule has 5 heteroatoms. The Balaban J connectivity index is 2.05. The summed E-state index contributed by atoms with van der Waals surface area (Å²) in [6, 6.07) is -0.371. The molecular formula is C16H28N2O3. The van der Waals surface area contributed by atoms with Gasteiger partial charge in [0.05, 0.1) is 0 Å². The first kappa shape index (κ1) is 16.1. The highest BCUT2D eigenvalue weighted by Crippen LogP contribution is 2.31. The first-order valence-electron chi connectivity index (χ1n) is 8.20. The largest absolute Gasteiger partial charge is 0.480 e. The van der Waals surface area contributed by atoms with Gasteiger partial charge >= 0.3 is 12.0 Å². The molecule has 1 saturated heterocycles. The van der Waals surface area contributed by atoms with Crippen LogP contribution in [0.25, 0.3) is 0 Å². The number of urea groups is 1. The van der Waals surface area contributed by atoms with E-state index in [4.69, 9.17) is 0 Å². The number of carbonyl (C=O) groups excluding carboxylic acids is 1. The van der Waals surface area contributed by atoms with Crippen LogP contribution < -0.4 is 0 Å². The van der Waals surface area contributed by atoms with Crippen molar-refractivity contribution >= 4 is 12.0 Å². The van der Waals surface area contributed by atoms with Crippen molar-refractivity contribution in [1.29, 1.82) is 0 Å². The molecule has 2 atom stereocenters. The summed E-state index contributed by atoms with van der Waals surface area (Å²) in [6.45, 7) is 7.69. The number of hydrogen-bond donors (Lipinski definition) is 1. The maximum atomic E-state index is 12.8. The topological polar surface area (TPSA) is 60.9 Å². The predicted molar refractivity (Wildman–Crippen MR) is 81.1 cm³/mol. The smallest absolute Gasteiger partial charge is 0.326 e. The summed E-state index contributed by atoms with van der Waals surface area (Å²) < 4.78 is 0. The molecule has 0 aromatic heterocycles. The zero-order valence-corrected chi connectivity index (χ0v) is 13.4. The molecule has 0 bridgehead atoms. The number of carboxylic acid groups (broad SMARTS) is 1. The van der Waals surface area contributed by atoms with Gasteiger partial charge in [0, 0.05) is 19.1 Å². The minimum Gasteiger partial charge on any atom is -0.480 e. The quantitative estimate of drug-likeness (QED) is 0.848. The molecule has 2 fully saturated rings. The standard InChI is InChI=1S/C16H28N2O3/c1-11(2)6-8-17(13-4-5-13)16(21)18-9-7-12(3)10-14(18)15(19)20/h11-14H,4-10H2,1-3H3,(H,19,20). The average Bonchev–Trinajstić information content (AvgIpc) is 3.22. The van der Waals surface area contributed by atoms with Crippen LogP contribution in [-0.2, 0) is 4.79 Å². The molecule has 5 nitrogen and oxygen atoms in total. The summed E-state index contributed by atoms with van der Waals surface area (Å²) in [7, 11) is 0. The van der Waals surface area contributed by atoms with Crippen molar-refractivity contribution in [3.63, 3.8) is 0 Å². The molecule has 1 aliphatic heterocycles. The lowest BCUT2D eigenvalue weighted by atomic mass is 9.92. The van der Waals surface area contributed by atoms with Crippen LogP contribution in [0.3, 0.4) is 0 Å². The van der Waals surface area contributed by atoms with E-state index in [1.54, 1.807) is 4.90 Å². The van der Waals surface area contributed by atoms with Crippen molar-refractivity contribution in [2.24, 2.45) is 11.8 Å². The molecule has 1 heterocycles. The Kier molecular flexibility index (Phi) is 5.12. The molecule has 2 unspecified atom stereocenters. The van der Waals surface area contributed by atoms with E-state index >= 15 is 0 Å². The maximum absolute atomic E-state index is 12.8. The van der Waals surface area contributed by atoms with Crippen LogP contribution in [0.1, 0.15) is 52.9 Å². The molecule has 1 N–H and O–H groups in total. The van der Waals surface area contributed by atoms with Crippen molar-refractivity contribution in [3.8, 4) is 0 Å². The van der Waals surface area contributed by atoms with E-state index in [0.29, 0.717) is 30.8 Å². The summed E-state index contributed by atoms with van der Waals surface area (Å²) in [4.78, 5) is 27.8.